The Labute approximate surface area is 89.3 Å². The van der Waals surface area contributed by atoms with Crippen molar-refractivity contribution < 1.29 is 18.3 Å². The van der Waals surface area contributed by atoms with Crippen molar-refractivity contribution in [2.75, 3.05) is 7.11 Å². The van der Waals surface area contributed by atoms with Crippen LogP contribution in [0.4, 0.5) is 8.78 Å². The van der Waals surface area contributed by atoms with E-state index < -0.39 is 6.61 Å². The standard InChI is InChI=1S/C8H6Cl2F2O2/c1-13-7-4(9)2-3-5(6(7)10)14-8(11)12/h2-3,8H,1H3. The van der Waals surface area contributed by atoms with Gasteiger partial charge < -0.3 is 9.47 Å². The van der Waals surface area contributed by atoms with Gasteiger partial charge in [0.2, 0.25) is 0 Å². The minimum absolute atomic E-state index is 0.0692. The highest BCUT2D eigenvalue weighted by molar-refractivity contribution is 6.38. The van der Waals surface area contributed by atoms with E-state index in [0.717, 1.165) is 0 Å². The van der Waals surface area contributed by atoms with Crippen molar-refractivity contribution in [2.45, 2.75) is 6.61 Å². The van der Waals surface area contributed by atoms with Gasteiger partial charge in [-0.2, -0.15) is 8.78 Å². The van der Waals surface area contributed by atoms with Gasteiger partial charge in [0.1, 0.15) is 10.8 Å². The zero-order valence-electron chi connectivity index (χ0n) is 7.06. The third-order valence-corrected chi connectivity index (χ3v) is 2.09. The topological polar surface area (TPSA) is 18.5 Å². The van der Waals surface area contributed by atoms with Gasteiger partial charge in [0, 0.05) is 0 Å². The maximum atomic E-state index is 11.9. The van der Waals surface area contributed by atoms with Crippen LogP contribution in [0, 0.1) is 0 Å². The molecule has 78 valence electrons. The fraction of sp³-hybridized carbons (Fsp3) is 0.250. The lowest BCUT2D eigenvalue weighted by Crippen LogP contribution is -2.02. The van der Waals surface area contributed by atoms with Gasteiger partial charge in [-0.1, -0.05) is 23.2 Å². The number of hydrogen-bond donors (Lipinski definition) is 0. The number of methoxy groups -OCH3 is 1. The Bertz CT molecular complexity index is 331. The predicted octanol–water partition coefficient (Wildman–Crippen LogP) is 3.60. The Morgan fingerprint density at radius 1 is 1.29 bits per heavy atom. The summed E-state index contributed by atoms with van der Waals surface area (Å²) in [5.41, 5.74) is 0. The van der Waals surface area contributed by atoms with Gasteiger partial charge in [-0.3, -0.25) is 0 Å². The van der Waals surface area contributed by atoms with Gasteiger partial charge in [-0.05, 0) is 12.1 Å². The summed E-state index contributed by atoms with van der Waals surface area (Å²) in [6.07, 6.45) is 0. The van der Waals surface area contributed by atoms with Crippen LogP contribution in [0.25, 0.3) is 0 Å². The number of rotatable bonds is 3. The van der Waals surface area contributed by atoms with Crippen LogP contribution >= 0.6 is 23.2 Å². The van der Waals surface area contributed by atoms with E-state index in [1.807, 2.05) is 0 Å². The number of hydrogen-bond acceptors (Lipinski definition) is 2. The second kappa shape index (κ2) is 4.66. The molecule has 0 aliphatic rings. The summed E-state index contributed by atoms with van der Waals surface area (Å²) < 4.78 is 32.7. The highest BCUT2D eigenvalue weighted by atomic mass is 35.5. The molecule has 0 amide bonds. The molecule has 2 nitrogen and oxygen atoms in total. The quantitative estimate of drug-likeness (QED) is 0.807. The van der Waals surface area contributed by atoms with E-state index in [1.165, 1.54) is 19.2 Å². The van der Waals surface area contributed by atoms with Crippen molar-refractivity contribution in [2.24, 2.45) is 0 Å². The first kappa shape index (κ1) is 11.3. The Kier molecular flexibility index (Phi) is 3.77. The van der Waals surface area contributed by atoms with Crippen LogP contribution in [0.2, 0.25) is 10.0 Å². The third kappa shape index (κ3) is 2.39. The number of benzene rings is 1. The Hall–Kier alpha value is -0.740. The minimum atomic E-state index is -2.93. The monoisotopic (exact) mass is 242 g/mol. The van der Waals surface area contributed by atoms with Gasteiger partial charge in [0.15, 0.2) is 5.75 Å². The smallest absolute Gasteiger partial charge is 0.387 e. The molecule has 0 fully saturated rings. The molecule has 0 saturated heterocycles. The Morgan fingerprint density at radius 2 is 1.93 bits per heavy atom. The van der Waals surface area contributed by atoms with E-state index in [2.05, 4.69) is 4.74 Å². The Morgan fingerprint density at radius 3 is 2.43 bits per heavy atom. The number of alkyl halides is 2. The largest absolute Gasteiger partial charge is 0.493 e. The second-order valence-corrected chi connectivity index (χ2v) is 3.06. The minimum Gasteiger partial charge on any atom is -0.493 e. The molecule has 0 N–H and O–H groups in total. The van der Waals surface area contributed by atoms with Crippen LogP contribution in [-0.2, 0) is 0 Å². The lowest BCUT2D eigenvalue weighted by Gasteiger charge is -2.10. The first-order chi connectivity index (χ1) is 6.56. The summed E-state index contributed by atoms with van der Waals surface area (Å²) in [5.74, 6) is -0.0469. The molecule has 0 spiro atoms. The fourth-order valence-corrected chi connectivity index (χ4v) is 1.46. The zero-order chi connectivity index (χ0) is 10.7. The molecule has 1 rings (SSSR count). The molecule has 0 bridgehead atoms. The molecule has 6 heteroatoms. The molecule has 1 aromatic rings. The predicted molar refractivity (Wildman–Crippen MR) is 49.6 cm³/mol. The van der Waals surface area contributed by atoms with Crippen molar-refractivity contribution >= 4 is 23.2 Å². The Balaban J connectivity index is 3.08. The molecule has 0 unspecified atom stereocenters. The highest BCUT2D eigenvalue weighted by Gasteiger charge is 2.15. The van der Waals surface area contributed by atoms with Crippen molar-refractivity contribution in [3.8, 4) is 11.5 Å². The highest BCUT2D eigenvalue weighted by Crippen LogP contribution is 2.39. The van der Waals surface area contributed by atoms with E-state index in [0.29, 0.717) is 0 Å². The van der Waals surface area contributed by atoms with Crippen LogP contribution in [0.1, 0.15) is 0 Å². The average Bonchev–Trinajstić information content (AvgIpc) is 2.10. The lowest BCUT2D eigenvalue weighted by molar-refractivity contribution is -0.0498. The molecule has 0 aliphatic heterocycles. The van der Waals surface area contributed by atoms with Crippen LogP contribution in [0.15, 0.2) is 12.1 Å². The van der Waals surface area contributed by atoms with Crippen molar-refractivity contribution in [1.82, 2.24) is 0 Å². The van der Waals surface area contributed by atoms with Crippen LogP contribution in [0.3, 0.4) is 0 Å². The van der Waals surface area contributed by atoms with Crippen LogP contribution < -0.4 is 9.47 Å². The molecule has 0 radical (unpaired) electrons. The van der Waals surface area contributed by atoms with Gasteiger partial charge in [-0.15, -0.1) is 0 Å². The molecule has 0 aliphatic carbocycles. The number of halogens is 4. The number of ether oxygens (including phenoxy) is 2. The van der Waals surface area contributed by atoms with Gasteiger partial charge in [0.05, 0.1) is 12.1 Å². The molecule has 0 heterocycles. The summed E-state index contributed by atoms with van der Waals surface area (Å²) in [4.78, 5) is 0. The van der Waals surface area contributed by atoms with Crippen LogP contribution in [0.5, 0.6) is 11.5 Å². The van der Waals surface area contributed by atoms with E-state index in [-0.39, 0.29) is 21.5 Å². The first-order valence-electron chi connectivity index (χ1n) is 3.53. The van der Waals surface area contributed by atoms with E-state index in [9.17, 15) is 8.78 Å². The summed E-state index contributed by atoms with van der Waals surface area (Å²) in [7, 11) is 1.33. The van der Waals surface area contributed by atoms with Gasteiger partial charge >= 0.3 is 6.61 Å². The molecule has 1 aromatic carbocycles. The summed E-state index contributed by atoms with van der Waals surface area (Å²) in [5, 5.41) is 0.166. The van der Waals surface area contributed by atoms with Crippen LogP contribution in [-0.4, -0.2) is 13.7 Å². The molecule has 0 atom stereocenters. The van der Waals surface area contributed by atoms with Gasteiger partial charge in [0.25, 0.3) is 0 Å². The summed E-state index contributed by atoms with van der Waals surface area (Å²) >= 11 is 11.4. The summed E-state index contributed by atoms with van der Waals surface area (Å²) in [6.45, 7) is -2.93. The zero-order valence-corrected chi connectivity index (χ0v) is 8.57. The molecule has 14 heavy (non-hydrogen) atoms. The summed E-state index contributed by atoms with van der Waals surface area (Å²) in [6, 6.07) is 2.61. The maximum Gasteiger partial charge on any atom is 0.387 e. The maximum absolute atomic E-state index is 11.9. The average molecular weight is 243 g/mol. The van der Waals surface area contributed by atoms with Crippen molar-refractivity contribution in [3.05, 3.63) is 22.2 Å². The third-order valence-electron chi connectivity index (χ3n) is 1.43. The van der Waals surface area contributed by atoms with E-state index in [4.69, 9.17) is 27.9 Å². The molecular weight excluding hydrogens is 237 g/mol. The first-order valence-corrected chi connectivity index (χ1v) is 4.28. The van der Waals surface area contributed by atoms with Gasteiger partial charge in [-0.25, -0.2) is 0 Å². The molecule has 0 saturated carbocycles. The second-order valence-electron chi connectivity index (χ2n) is 2.27. The van der Waals surface area contributed by atoms with Crippen molar-refractivity contribution in [3.63, 3.8) is 0 Å². The van der Waals surface area contributed by atoms with E-state index in [1.54, 1.807) is 0 Å². The fourth-order valence-electron chi connectivity index (χ4n) is 0.889. The normalized spacial score (nSPS) is 10.4. The SMILES string of the molecule is COc1c(Cl)ccc(OC(F)F)c1Cl. The molecule has 0 aromatic heterocycles. The lowest BCUT2D eigenvalue weighted by atomic mass is 10.3. The van der Waals surface area contributed by atoms with E-state index >= 15 is 0 Å². The molecular formula is C8H6Cl2F2O2. The van der Waals surface area contributed by atoms with Crippen molar-refractivity contribution in [1.29, 1.82) is 0 Å².